The van der Waals surface area contributed by atoms with Crippen LogP contribution in [0, 0.1) is 11.3 Å². The second-order valence-corrected chi connectivity index (χ2v) is 6.36. The number of aromatic amines is 1. The third kappa shape index (κ3) is 4.25. The number of nitrogens with one attached hydrogen (secondary N) is 1. The molecule has 1 unspecified atom stereocenters. The van der Waals surface area contributed by atoms with Crippen molar-refractivity contribution in [2.45, 2.75) is 32.2 Å². The van der Waals surface area contributed by atoms with Crippen LogP contribution in [0.2, 0.25) is 0 Å². The maximum Gasteiger partial charge on any atom is 0.264 e. The predicted octanol–water partition coefficient (Wildman–Crippen LogP) is 2.56. The fraction of sp³-hybridized carbons (Fsp3) is 0.421. The number of aromatic nitrogens is 2. The molecule has 2 aromatic rings. The Morgan fingerprint density at radius 3 is 2.96 bits per heavy atom. The fourth-order valence-electron chi connectivity index (χ4n) is 3.18. The van der Waals surface area contributed by atoms with E-state index in [-0.39, 0.29) is 5.56 Å². The summed E-state index contributed by atoms with van der Waals surface area (Å²) in [6.07, 6.45) is 3.50. The SMILES string of the molecule is CC1CCCN1CCCOc1ccc(-c2ccc(=O)[nH]n2)cc1C#N. The van der Waals surface area contributed by atoms with Crippen molar-refractivity contribution < 1.29 is 4.74 Å². The van der Waals surface area contributed by atoms with Crippen LogP contribution in [0.3, 0.4) is 0 Å². The molecule has 25 heavy (non-hydrogen) atoms. The summed E-state index contributed by atoms with van der Waals surface area (Å²) in [5.41, 5.74) is 1.60. The zero-order valence-corrected chi connectivity index (χ0v) is 14.4. The second kappa shape index (κ2) is 7.95. The number of ether oxygens (including phenoxy) is 1. The Hall–Kier alpha value is -2.65. The third-order valence-electron chi connectivity index (χ3n) is 4.61. The van der Waals surface area contributed by atoms with Crippen molar-refractivity contribution >= 4 is 0 Å². The summed E-state index contributed by atoms with van der Waals surface area (Å²) in [5, 5.41) is 15.8. The Labute approximate surface area is 147 Å². The number of nitriles is 1. The van der Waals surface area contributed by atoms with Crippen LogP contribution in [0.1, 0.15) is 31.7 Å². The van der Waals surface area contributed by atoms with E-state index in [1.807, 2.05) is 6.07 Å². The third-order valence-corrected chi connectivity index (χ3v) is 4.61. The largest absolute Gasteiger partial charge is 0.492 e. The minimum atomic E-state index is -0.253. The molecule has 6 nitrogen and oxygen atoms in total. The van der Waals surface area contributed by atoms with Crippen LogP contribution in [-0.2, 0) is 0 Å². The molecule has 1 atom stereocenters. The molecule has 0 bridgehead atoms. The van der Waals surface area contributed by atoms with Crippen LogP contribution in [-0.4, -0.2) is 40.8 Å². The van der Waals surface area contributed by atoms with Crippen LogP contribution in [0.5, 0.6) is 5.75 Å². The van der Waals surface area contributed by atoms with Crippen molar-refractivity contribution in [1.82, 2.24) is 15.1 Å². The molecule has 1 N–H and O–H groups in total. The molecule has 1 aliphatic heterocycles. The van der Waals surface area contributed by atoms with Gasteiger partial charge in [-0.15, -0.1) is 0 Å². The molecule has 6 heteroatoms. The van der Waals surface area contributed by atoms with Crippen molar-refractivity contribution in [3.8, 4) is 23.1 Å². The highest BCUT2D eigenvalue weighted by Crippen LogP contribution is 2.25. The minimum absolute atomic E-state index is 0.253. The Morgan fingerprint density at radius 1 is 1.40 bits per heavy atom. The second-order valence-electron chi connectivity index (χ2n) is 6.36. The Balaban J connectivity index is 1.61. The lowest BCUT2D eigenvalue weighted by molar-refractivity contribution is 0.230. The monoisotopic (exact) mass is 338 g/mol. The molecule has 1 aromatic heterocycles. The van der Waals surface area contributed by atoms with E-state index in [4.69, 9.17) is 4.74 Å². The summed E-state index contributed by atoms with van der Waals surface area (Å²) in [6.45, 7) is 5.06. The fourth-order valence-corrected chi connectivity index (χ4v) is 3.18. The number of hydrogen-bond donors (Lipinski definition) is 1. The molecular formula is C19H22N4O2. The zero-order chi connectivity index (χ0) is 17.6. The van der Waals surface area contributed by atoms with E-state index in [1.54, 1.807) is 18.2 Å². The van der Waals surface area contributed by atoms with Crippen LogP contribution in [0.15, 0.2) is 35.1 Å². The van der Waals surface area contributed by atoms with Crippen LogP contribution in [0.25, 0.3) is 11.3 Å². The van der Waals surface area contributed by atoms with Gasteiger partial charge in [-0.05, 0) is 57.0 Å². The van der Waals surface area contributed by atoms with Gasteiger partial charge in [0.05, 0.1) is 17.9 Å². The number of hydrogen-bond acceptors (Lipinski definition) is 5. The molecule has 0 spiro atoms. The van der Waals surface area contributed by atoms with Crippen molar-refractivity contribution in [2.75, 3.05) is 19.7 Å². The average molecular weight is 338 g/mol. The molecule has 0 amide bonds. The van der Waals surface area contributed by atoms with E-state index in [1.165, 1.54) is 25.5 Å². The van der Waals surface area contributed by atoms with E-state index >= 15 is 0 Å². The molecule has 2 heterocycles. The van der Waals surface area contributed by atoms with Crippen molar-refractivity contribution in [2.24, 2.45) is 0 Å². The molecule has 0 aliphatic carbocycles. The maximum atomic E-state index is 11.1. The van der Waals surface area contributed by atoms with Crippen molar-refractivity contribution in [3.63, 3.8) is 0 Å². The maximum absolute atomic E-state index is 11.1. The lowest BCUT2D eigenvalue weighted by Gasteiger charge is -2.20. The molecule has 1 aliphatic rings. The highest BCUT2D eigenvalue weighted by atomic mass is 16.5. The minimum Gasteiger partial charge on any atom is -0.492 e. The first-order chi connectivity index (χ1) is 12.2. The first-order valence-corrected chi connectivity index (χ1v) is 8.64. The van der Waals surface area contributed by atoms with Crippen LogP contribution < -0.4 is 10.3 Å². The standard InChI is InChI=1S/C19H22N4O2/c1-14-4-2-9-23(14)10-3-11-25-18-7-5-15(12-16(18)13-20)17-6-8-19(24)22-21-17/h5-8,12,14H,2-4,9-11H2,1H3,(H,22,24). The van der Waals surface area contributed by atoms with E-state index in [0.29, 0.717) is 29.7 Å². The Kier molecular flexibility index (Phi) is 5.46. The first kappa shape index (κ1) is 17.2. The van der Waals surface area contributed by atoms with E-state index < -0.39 is 0 Å². The van der Waals surface area contributed by atoms with E-state index in [2.05, 4.69) is 28.1 Å². The molecule has 3 rings (SSSR count). The normalized spacial score (nSPS) is 17.4. The highest BCUT2D eigenvalue weighted by molar-refractivity contribution is 5.63. The van der Waals surface area contributed by atoms with Crippen molar-refractivity contribution in [3.05, 3.63) is 46.2 Å². The van der Waals surface area contributed by atoms with Gasteiger partial charge in [-0.2, -0.15) is 10.4 Å². The zero-order valence-electron chi connectivity index (χ0n) is 14.4. The Morgan fingerprint density at radius 2 is 2.28 bits per heavy atom. The molecular weight excluding hydrogens is 316 g/mol. The van der Waals surface area contributed by atoms with Gasteiger partial charge in [-0.25, -0.2) is 5.10 Å². The predicted molar refractivity (Wildman–Crippen MR) is 95.4 cm³/mol. The number of nitrogens with zero attached hydrogens (tertiary/aromatic N) is 3. The van der Waals surface area contributed by atoms with Gasteiger partial charge < -0.3 is 9.64 Å². The van der Waals surface area contributed by atoms with Gasteiger partial charge in [0.1, 0.15) is 11.8 Å². The smallest absolute Gasteiger partial charge is 0.264 e. The van der Waals surface area contributed by atoms with Crippen LogP contribution in [0.4, 0.5) is 0 Å². The summed E-state index contributed by atoms with van der Waals surface area (Å²) >= 11 is 0. The summed E-state index contributed by atoms with van der Waals surface area (Å²) in [4.78, 5) is 13.6. The topological polar surface area (TPSA) is 82.0 Å². The molecule has 0 radical (unpaired) electrons. The molecule has 1 fully saturated rings. The van der Waals surface area contributed by atoms with Gasteiger partial charge in [0.25, 0.3) is 5.56 Å². The van der Waals surface area contributed by atoms with E-state index in [9.17, 15) is 10.1 Å². The number of benzene rings is 1. The van der Waals surface area contributed by atoms with Gasteiger partial charge in [-0.1, -0.05) is 0 Å². The summed E-state index contributed by atoms with van der Waals surface area (Å²) in [6, 6.07) is 11.3. The summed E-state index contributed by atoms with van der Waals surface area (Å²) in [7, 11) is 0. The molecule has 1 saturated heterocycles. The average Bonchev–Trinajstić information content (AvgIpc) is 3.04. The van der Waals surface area contributed by atoms with E-state index in [0.717, 1.165) is 18.5 Å². The van der Waals surface area contributed by atoms with Gasteiger partial charge in [-0.3, -0.25) is 4.79 Å². The van der Waals surface area contributed by atoms with Crippen molar-refractivity contribution in [1.29, 1.82) is 5.26 Å². The molecule has 130 valence electrons. The molecule has 1 aromatic carbocycles. The number of H-pyrrole nitrogens is 1. The Bertz CT molecular complexity index is 804. The summed E-state index contributed by atoms with van der Waals surface area (Å²) < 4.78 is 5.81. The lowest BCUT2D eigenvalue weighted by Crippen LogP contribution is -2.28. The highest BCUT2D eigenvalue weighted by Gasteiger charge is 2.19. The quantitative estimate of drug-likeness (QED) is 0.819. The number of likely N-dealkylation sites (tertiary alicyclic amines) is 1. The lowest BCUT2D eigenvalue weighted by atomic mass is 10.1. The van der Waals surface area contributed by atoms with Gasteiger partial charge in [0.15, 0.2) is 0 Å². The van der Waals surface area contributed by atoms with Gasteiger partial charge in [0, 0.05) is 24.2 Å². The van der Waals surface area contributed by atoms with Gasteiger partial charge in [0.2, 0.25) is 0 Å². The van der Waals surface area contributed by atoms with Crippen LogP contribution >= 0.6 is 0 Å². The number of rotatable bonds is 6. The first-order valence-electron chi connectivity index (χ1n) is 8.64. The molecule has 0 saturated carbocycles. The summed E-state index contributed by atoms with van der Waals surface area (Å²) in [5.74, 6) is 0.588. The van der Waals surface area contributed by atoms with Gasteiger partial charge >= 0.3 is 0 Å².